The van der Waals surface area contributed by atoms with Gasteiger partial charge in [0.15, 0.2) is 5.78 Å². The van der Waals surface area contributed by atoms with Crippen LogP contribution in [0.4, 0.5) is 0 Å². The molecule has 1 unspecified atom stereocenters. The van der Waals surface area contributed by atoms with E-state index in [2.05, 4.69) is 22.9 Å². The van der Waals surface area contributed by atoms with Crippen molar-refractivity contribution in [1.82, 2.24) is 0 Å². The van der Waals surface area contributed by atoms with Gasteiger partial charge in [0.05, 0.1) is 6.04 Å². The Balaban J connectivity index is 2.61. The predicted octanol–water partition coefficient (Wildman–Crippen LogP) is 3.21. The second kappa shape index (κ2) is 5.63. The van der Waals surface area contributed by atoms with Crippen LogP contribution in [-0.4, -0.2) is 11.8 Å². The molecule has 0 amide bonds. The van der Waals surface area contributed by atoms with Gasteiger partial charge in [0.1, 0.15) is 0 Å². The van der Waals surface area contributed by atoms with Crippen LogP contribution in [0.25, 0.3) is 0 Å². The summed E-state index contributed by atoms with van der Waals surface area (Å²) in [7, 11) is 0. The molecule has 14 heavy (non-hydrogen) atoms. The third-order valence-corrected chi connectivity index (χ3v) is 3.79. The van der Waals surface area contributed by atoms with Gasteiger partial charge in [-0.15, -0.1) is 0 Å². The number of unbranched alkanes of at least 4 members (excludes halogenated alkanes) is 1. The molecule has 0 saturated carbocycles. The summed E-state index contributed by atoms with van der Waals surface area (Å²) in [5.74, 6) is 0.0478. The third kappa shape index (κ3) is 2.90. The fraction of sp³-hybridized carbons (Fsp3) is 0.500. The molecule has 1 rings (SSSR count). The summed E-state index contributed by atoms with van der Waals surface area (Å²) in [5.41, 5.74) is 6.52. The van der Waals surface area contributed by atoms with Crippen molar-refractivity contribution in [3.63, 3.8) is 0 Å². The number of carbonyl (C=O) groups excluding carboxylic acids is 1. The van der Waals surface area contributed by atoms with Crippen LogP contribution in [0.1, 0.15) is 36.5 Å². The zero-order valence-corrected chi connectivity index (χ0v) is 10.5. The lowest BCUT2D eigenvalue weighted by Crippen LogP contribution is -2.30. The van der Waals surface area contributed by atoms with Crippen molar-refractivity contribution in [3.05, 3.63) is 20.8 Å². The fourth-order valence-electron chi connectivity index (χ4n) is 1.21. The molecular weight excluding hydrogens is 262 g/mol. The molecule has 2 N–H and O–H groups in total. The van der Waals surface area contributed by atoms with Crippen LogP contribution >= 0.6 is 27.3 Å². The number of nitrogens with two attached hydrogens (primary N) is 1. The number of thiophene rings is 1. The highest BCUT2D eigenvalue weighted by atomic mass is 79.9. The van der Waals surface area contributed by atoms with Gasteiger partial charge in [-0.1, -0.05) is 19.8 Å². The minimum Gasteiger partial charge on any atom is -0.321 e. The number of hydrogen-bond donors (Lipinski definition) is 1. The lowest BCUT2D eigenvalue weighted by atomic mass is 10.0. The van der Waals surface area contributed by atoms with Gasteiger partial charge in [-0.05, 0) is 22.4 Å². The zero-order valence-electron chi connectivity index (χ0n) is 8.13. The predicted molar refractivity (Wildman–Crippen MR) is 63.8 cm³/mol. The first-order chi connectivity index (χ1) is 6.66. The Morgan fingerprint density at radius 2 is 2.36 bits per heavy atom. The summed E-state index contributed by atoms with van der Waals surface area (Å²) in [5, 5.41) is 3.75. The lowest BCUT2D eigenvalue weighted by molar-refractivity contribution is 0.0956. The standard InChI is InChI=1S/C10H14BrNOS/c1-2-3-4-9(12)10(13)7-5-14-6-8(7)11/h5-6,9H,2-4,12H2,1H3. The van der Waals surface area contributed by atoms with Crippen LogP contribution < -0.4 is 5.73 Å². The van der Waals surface area contributed by atoms with Crippen LogP contribution in [0.3, 0.4) is 0 Å². The third-order valence-electron chi connectivity index (χ3n) is 2.09. The Morgan fingerprint density at radius 1 is 1.64 bits per heavy atom. The fourth-order valence-corrected chi connectivity index (χ4v) is 2.69. The van der Waals surface area contributed by atoms with Gasteiger partial charge in [-0.2, -0.15) is 11.3 Å². The smallest absolute Gasteiger partial charge is 0.181 e. The van der Waals surface area contributed by atoms with Gasteiger partial charge in [0, 0.05) is 20.8 Å². The minimum absolute atomic E-state index is 0.0478. The highest BCUT2D eigenvalue weighted by Gasteiger charge is 2.17. The molecule has 0 fully saturated rings. The zero-order chi connectivity index (χ0) is 10.6. The van der Waals surface area contributed by atoms with Crippen LogP contribution in [-0.2, 0) is 0 Å². The van der Waals surface area contributed by atoms with Crippen molar-refractivity contribution < 1.29 is 4.79 Å². The summed E-state index contributed by atoms with van der Waals surface area (Å²) in [6.45, 7) is 2.09. The SMILES string of the molecule is CCCCC(N)C(=O)c1cscc1Br. The van der Waals surface area contributed by atoms with E-state index in [9.17, 15) is 4.79 Å². The summed E-state index contributed by atoms with van der Waals surface area (Å²) in [6, 6.07) is -0.346. The molecule has 0 spiro atoms. The van der Waals surface area contributed by atoms with E-state index >= 15 is 0 Å². The Morgan fingerprint density at radius 3 is 2.86 bits per heavy atom. The number of carbonyl (C=O) groups is 1. The molecule has 0 aliphatic heterocycles. The maximum Gasteiger partial charge on any atom is 0.181 e. The summed E-state index contributed by atoms with van der Waals surface area (Å²) < 4.78 is 0.861. The maximum atomic E-state index is 11.8. The van der Waals surface area contributed by atoms with Crippen LogP contribution in [0.5, 0.6) is 0 Å². The van der Waals surface area contributed by atoms with Crippen molar-refractivity contribution in [2.45, 2.75) is 32.2 Å². The van der Waals surface area contributed by atoms with E-state index < -0.39 is 0 Å². The monoisotopic (exact) mass is 275 g/mol. The average Bonchev–Trinajstić information content (AvgIpc) is 2.59. The first kappa shape index (κ1) is 11.9. The van der Waals surface area contributed by atoms with E-state index in [0.29, 0.717) is 0 Å². The first-order valence-electron chi connectivity index (χ1n) is 4.68. The van der Waals surface area contributed by atoms with E-state index in [1.165, 1.54) is 11.3 Å². The highest BCUT2D eigenvalue weighted by molar-refractivity contribution is 9.10. The number of halogens is 1. The van der Waals surface area contributed by atoms with E-state index in [4.69, 9.17) is 5.73 Å². The Labute approximate surface area is 96.6 Å². The summed E-state index contributed by atoms with van der Waals surface area (Å²) in [6.07, 6.45) is 2.86. The average molecular weight is 276 g/mol. The van der Waals surface area contributed by atoms with Gasteiger partial charge in [-0.25, -0.2) is 0 Å². The number of rotatable bonds is 5. The molecule has 1 aromatic rings. The highest BCUT2D eigenvalue weighted by Crippen LogP contribution is 2.23. The molecule has 78 valence electrons. The second-order valence-corrected chi connectivity index (χ2v) is 4.84. The van der Waals surface area contributed by atoms with Crippen molar-refractivity contribution in [1.29, 1.82) is 0 Å². The molecule has 1 heterocycles. The van der Waals surface area contributed by atoms with Gasteiger partial charge >= 0.3 is 0 Å². The quantitative estimate of drug-likeness (QED) is 0.839. The molecule has 0 saturated heterocycles. The minimum atomic E-state index is -0.346. The van der Waals surface area contributed by atoms with Crippen LogP contribution in [0.15, 0.2) is 15.2 Å². The van der Waals surface area contributed by atoms with Crippen molar-refractivity contribution in [2.75, 3.05) is 0 Å². The maximum absolute atomic E-state index is 11.8. The Kier molecular flexibility index (Phi) is 4.78. The number of ketones is 1. The van der Waals surface area contributed by atoms with E-state index in [-0.39, 0.29) is 11.8 Å². The molecule has 1 aromatic heterocycles. The van der Waals surface area contributed by atoms with Crippen molar-refractivity contribution >= 4 is 33.0 Å². The van der Waals surface area contributed by atoms with Gasteiger partial charge < -0.3 is 5.73 Å². The molecule has 0 aliphatic carbocycles. The number of Topliss-reactive ketones (excluding diaryl/α,β-unsaturated/α-hetero) is 1. The molecule has 0 bridgehead atoms. The lowest BCUT2D eigenvalue weighted by Gasteiger charge is -2.08. The van der Waals surface area contributed by atoms with Crippen LogP contribution in [0, 0.1) is 0 Å². The van der Waals surface area contributed by atoms with Gasteiger partial charge in [0.25, 0.3) is 0 Å². The first-order valence-corrected chi connectivity index (χ1v) is 6.42. The molecule has 0 aromatic carbocycles. The molecule has 2 nitrogen and oxygen atoms in total. The Bertz CT molecular complexity index is 311. The van der Waals surface area contributed by atoms with Crippen molar-refractivity contribution in [2.24, 2.45) is 5.73 Å². The normalized spacial score (nSPS) is 12.8. The van der Waals surface area contributed by atoms with E-state index in [0.717, 1.165) is 29.3 Å². The Hall–Kier alpha value is -0.190. The van der Waals surface area contributed by atoms with Gasteiger partial charge in [0.2, 0.25) is 0 Å². The molecule has 0 aliphatic rings. The van der Waals surface area contributed by atoms with Gasteiger partial charge in [-0.3, -0.25) is 4.79 Å². The molecule has 0 radical (unpaired) electrons. The van der Waals surface area contributed by atoms with E-state index in [1.807, 2.05) is 10.8 Å². The number of hydrogen-bond acceptors (Lipinski definition) is 3. The summed E-state index contributed by atoms with van der Waals surface area (Å²) in [4.78, 5) is 11.8. The van der Waals surface area contributed by atoms with E-state index in [1.54, 1.807) is 0 Å². The van der Waals surface area contributed by atoms with Crippen LogP contribution in [0.2, 0.25) is 0 Å². The second-order valence-electron chi connectivity index (χ2n) is 3.25. The summed E-state index contributed by atoms with van der Waals surface area (Å²) >= 11 is 4.85. The molecule has 4 heteroatoms. The van der Waals surface area contributed by atoms with Crippen molar-refractivity contribution in [3.8, 4) is 0 Å². The molecular formula is C10H14BrNOS. The topological polar surface area (TPSA) is 43.1 Å². The molecule has 1 atom stereocenters. The largest absolute Gasteiger partial charge is 0.321 e.